The van der Waals surface area contributed by atoms with Gasteiger partial charge in [-0.15, -0.1) is 0 Å². The third kappa shape index (κ3) is 3.28. The first kappa shape index (κ1) is 14.2. The van der Waals surface area contributed by atoms with E-state index in [4.69, 9.17) is 0 Å². The van der Waals surface area contributed by atoms with Crippen LogP contribution >= 0.6 is 0 Å². The predicted molar refractivity (Wildman–Crippen MR) is 81.7 cm³/mol. The van der Waals surface area contributed by atoms with Crippen molar-refractivity contribution in [2.45, 2.75) is 25.8 Å². The van der Waals surface area contributed by atoms with E-state index in [0.717, 1.165) is 18.4 Å². The van der Waals surface area contributed by atoms with Gasteiger partial charge < -0.3 is 10.6 Å². The summed E-state index contributed by atoms with van der Waals surface area (Å²) in [6, 6.07) is 5.57. The molecule has 6 heteroatoms. The van der Waals surface area contributed by atoms with Crippen LogP contribution in [0.2, 0.25) is 0 Å². The van der Waals surface area contributed by atoms with E-state index in [-0.39, 0.29) is 11.8 Å². The summed E-state index contributed by atoms with van der Waals surface area (Å²) in [5.41, 5.74) is 2.40. The van der Waals surface area contributed by atoms with Gasteiger partial charge in [0, 0.05) is 29.7 Å². The van der Waals surface area contributed by atoms with Gasteiger partial charge in [-0.3, -0.25) is 9.59 Å². The highest BCUT2D eigenvalue weighted by Gasteiger charge is 2.24. The Bertz CT molecular complexity index is 711. The number of carbonyl (C=O) groups is 2. The second-order valence-electron chi connectivity index (χ2n) is 5.36. The van der Waals surface area contributed by atoms with E-state index in [1.165, 1.54) is 18.7 Å². The monoisotopic (exact) mass is 296 g/mol. The van der Waals surface area contributed by atoms with Gasteiger partial charge in [0.2, 0.25) is 0 Å². The number of anilines is 1. The maximum absolute atomic E-state index is 12.1. The number of nitrogens with one attached hydrogen (secondary N) is 2. The van der Waals surface area contributed by atoms with Gasteiger partial charge in [-0.25, -0.2) is 9.97 Å². The number of amides is 2. The topological polar surface area (TPSA) is 84.0 Å². The van der Waals surface area contributed by atoms with Crippen LogP contribution in [-0.2, 0) is 0 Å². The summed E-state index contributed by atoms with van der Waals surface area (Å²) in [5, 5.41) is 5.72. The molecule has 3 rings (SSSR count). The Kier molecular flexibility index (Phi) is 3.82. The van der Waals surface area contributed by atoms with E-state index in [1.807, 2.05) is 13.0 Å². The van der Waals surface area contributed by atoms with Crippen molar-refractivity contribution in [2.24, 2.45) is 0 Å². The van der Waals surface area contributed by atoms with Crippen molar-refractivity contribution < 1.29 is 9.59 Å². The van der Waals surface area contributed by atoms with Crippen molar-refractivity contribution in [1.29, 1.82) is 0 Å². The highest BCUT2D eigenvalue weighted by Crippen LogP contribution is 2.21. The number of nitrogens with zero attached hydrogens (tertiary/aromatic N) is 2. The van der Waals surface area contributed by atoms with Gasteiger partial charge in [0.05, 0.1) is 5.56 Å². The van der Waals surface area contributed by atoms with Gasteiger partial charge in [0.15, 0.2) is 0 Å². The number of hydrogen-bond donors (Lipinski definition) is 2. The molecule has 112 valence electrons. The lowest BCUT2D eigenvalue weighted by atomic mass is 10.1. The zero-order valence-electron chi connectivity index (χ0n) is 12.2. The maximum atomic E-state index is 12.1. The SMILES string of the molecule is Cc1ccc(C(=O)NC2CC2)cc1NC(=O)c1cncnc1. The van der Waals surface area contributed by atoms with Gasteiger partial charge in [-0.05, 0) is 37.5 Å². The Hall–Kier alpha value is -2.76. The molecule has 0 spiro atoms. The van der Waals surface area contributed by atoms with Crippen LogP contribution in [0.1, 0.15) is 39.1 Å². The predicted octanol–water partition coefficient (Wildman–Crippen LogP) is 1.93. The molecule has 1 aromatic heterocycles. The van der Waals surface area contributed by atoms with Crippen molar-refractivity contribution in [3.63, 3.8) is 0 Å². The molecule has 1 fully saturated rings. The first-order valence-corrected chi connectivity index (χ1v) is 7.11. The van der Waals surface area contributed by atoms with Crippen LogP contribution in [0.3, 0.4) is 0 Å². The molecule has 2 aromatic rings. The molecule has 1 aliphatic rings. The highest BCUT2D eigenvalue weighted by molar-refractivity contribution is 6.05. The Morgan fingerprint density at radius 3 is 2.50 bits per heavy atom. The molecular weight excluding hydrogens is 280 g/mol. The largest absolute Gasteiger partial charge is 0.349 e. The van der Waals surface area contributed by atoms with Crippen molar-refractivity contribution in [3.05, 3.63) is 53.6 Å². The fraction of sp³-hybridized carbons (Fsp3) is 0.250. The van der Waals surface area contributed by atoms with Crippen molar-refractivity contribution >= 4 is 17.5 Å². The van der Waals surface area contributed by atoms with E-state index >= 15 is 0 Å². The molecule has 1 aromatic carbocycles. The molecule has 2 N–H and O–H groups in total. The average molecular weight is 296 g/mol. The zero-order chi connectivity index (χ0) is 15.5. The number of aromatic nitrogens is 2. The van der Waals surface area contributed by atoms with Crippen LogP contribution < -0.4 is 10.6 Å². The summed E-state index contributed by atoms with van der Waals surface area (Å²) in [7, 11) is 0. The van der Waals surface area contributed by atoms with Crippen LogP contribution in [0.5, 0.6) is 0 Å². The molecule has 6 nitrogen and oxygen atoms in total. The van der Waals surface area contributed by atoms with Gasteiger partial charge in [-0.1, -0.05) is 6.07 Å². The summed E-state index contributed by atoms with van der Waals surface area (Å²) in [6.45, 7) is 1.87. The second-order valence-corrected chi connectivity index (χ2v) is 5.36. The van der Waals surface area contributed by atoms with Crippen LogP contribution in [0.25, 0.3) is 0 Å². The van der Waals surface area contributed by atoms with Crippen LogP contribution in [-0.4, -0.2) is 27.8 Å². The fourth-order valence-corrected chi connectivity index (χ4v) is 2.01. The molecule has 1 aliphatic carbocycles. The summed E-state index contributed by atoms with van der Waals surface area (Å²) < 4.78 is 0. The first-order valence-electron chi connectivity index (χ1n) is 7.11. The van der Waals surface area contributed by atoms with Crippen molar-refractivity contribution in [2.75, 3.05) is 5.32 Å². The molecule has 0 bridgehead atoms. The molecule has 0 radical (unpaired) electrons. The summed E-state index contributed by atoms with van der Waals surface area (Å²) in [5.74, 6) is -0.413. The lowest BCUT2D eigenvalue weighted by Crippen LogP contribution is -2.25. The molecule has 1 saturated carbocycles. The van der Waals surface area contributed by atoms with E-state index in [0.29, 0.717) is 22.9 Å². The van der Waals surface area contributed by atoms with E-state index in [1.54, 1.807) is 12.1 Å². The van der Waals surface area contributed by atoms with E-state index in [9.17, 15) is 9.59 Å². The quantitative estimate of drug-likeness (QED) is 0.903. The Morgan fingerprint density at radius 1 is 1.09 bits per heavy atom. The third-order valence-corrected chi connectivity index (χ3v) is 3.48. The van der Waals surface area contributed by atoms with Gasteiger partial charge in [0.25, 0.3) is 11.8 Å². The Morgan fingerprint density at radius 2 is 1.82 bits per heavy atom. The highest BCUT2D eigenvalue weighted by atomic mass is 16.2. The zero-order valence-corrected chi connectivity index (χ0v) is 12.2. The summed E-state index contributed by atoms with van der Waals surface area (Å²) in [4.78, 5) is 31.9. The Balaban J connectivity index is 1.77. The van der Waals surface area contributed by atoms with Crippen LogP contribution in [0, 0.1) is 6.92 Å². The van der Waals surface area contributed by atoms with Crippen molar-refractivity contribution in [3.8, 4) is 0 Å². The van der Waals surface area contributed by atoms with E-state index in [2.05, 4.69) is 20.6 Å². The molecule has 0 saturated heterocycles. The average Bonchev–Trinajstić information content (AvgIpc) is 3.34. The van der Waals surface area contributed by atoms with Crippen molar-refractivity contribution in [1.82, 2.24) is 15.3 Å². The van der Waals surface area contributed by atoms with E-state index < -0.39 is 0 Å². The Labute approximate surface area is 128 Å². The number of hydrogen-bond acceptors (Lipinski definition) is 4. The normalized spacial score (nSPS) is 13.5. The molecule has 2 amide bonds. The minimum absolute atomic E-state index is 0.110. The standard InChI is InChI=1S/C16H16N4O2/c1-10-2-3-11(15(21)19-13-4-5-13)6-14(10)20-16(22)12-7-17-9-18-8-12/h2-3,6-9,13H,4-5H2,1H3,(H,19,21)(H,20,22). The third-order valence-electron chi connectivity index (χ3n) is 3.48. The molecular formula is C16H16N4O2. The number of rotatable bonds is 4. The van der Waals surface area contributed by atoms with Gasteiger partial charge in [-0.2, -0.15) is 0 Å². The number of carbonyl (C=O) groups excluding carboxylic acids is 2. The molecule has 0 atom stereocenters. The summed E-state index contributed by atoms with van der Waals surface area (Å²) in [6.07, 6.45) is 6.33. The summed E-state index contributed by atoms with van der Waals surface area (Å²) >= 11 is 0. The van der Waals surface area contributed by atoms with Gasteiger partial charge in [0.1, 0.15) is 6.33 Å². The maximum Gasteiger partial charge on any atom is 0.258 e. The minimum atomic E-state index is -0.302. The molecule has 0 unspecified atom stereocenters. The number of benzene rings is 1. The minimum Gasteiger partial charge on any atom is -0.349 e. The molecule has 22 heavy (non-hydrogen) atoms. The lowest BCUT2D eigenvalue weighted by Gasteiger charge is -2.10. The first-order chi connectivity index (χ1) is 10.6. The van der Waals surface area contributed by atoms with Crippen LogP contribution in [0.15, 0.2) is 36.9 Å². The van der Waals surface area contributed by atoms with Gasteiger partial charge >= 0.3 is 0 Å². The fourth-order valence-electron chi connectivity index (χ4n) is 2.01. The lowest BCUT2D eigenvalue weighted by molar-refractivity contribution is 0.0949. The van der Waals surface area contributed by atoms with Crippen LogP contribution in [0.4, 0.5) is 5.69 Å². The second kappa shape index (κ2) is 5.93. The number of aryl methyl sites for hydroxylation is 1. The smallest absolute Gasteiger partial charge is 0.258 e. The molecule has 0 aliphatic heterocycles. The molecule has 1 heterocycles.